The molecule has 0 atom stereocenters. The summed E-state index contributed by atoms with van der Waals surface area (Å²) in [6, 6.07) is 0. The van der Waals surface area contributed by atoms with Gasteiger partial charge in [0.05, 0.1) is 0 Å². The molecule has 1 rings (SSSR count). The standard InChI is InChI=1S/C6H6Br2O/c1-4-2-5(9)6(7,8)3-4/h2H,3H2,1H3. The van der Waals surface area contributed by atoms with Crippen LogP contribution in [0.2, 0.25) is 0 Å². The molecule has 50 valence electrons. The van der Waals surface area contributed by atoms with Gasteiger partial charge in [-0.1, -0.05) is 37.4 Å². The van der Waals surface area contributed by atoms with Gasteiger partial charge in [-0.15, -0.1) is 0 Å². The maximum absolute atomic E-state index is 10.9. The lowest BCUT2D eigenvalue weighted by molar-refractivity contribution is -0.114. The summed E-state index contributed by atoms with van der Waals surface area (Å²) in [5.74, 6) is 0.111. The predicted octanol–water partition coefficient (Wildman–Crippen LogP) is 2.39. The number of hydrogen-bond acceptors (Lipinski definition) is 1. The van der Waals surface area contributed by atoms with E-state index in [2.05, 4.69) is 31.9 Å². The van der Waals surface area contributed by atoms with Crippen molar-refractivity contribution in [3.8, 4) is 0 Å². The summed E-state index contributed by atoms with van der Waals surface area (Å²) in [4.78, 5) is 10.9. The lowest BCUT2D eigenvalue weighted by atomic mass is 10.3. The van der Waals surface area contributed by atoms with Crippen molar-refractivity contribution in [2.75, 3.05) is 0 Å². The van der Waals surface area contributed by atoms with Crippen LogP contribution in [0.3, 0.4) is 0 Å². The molecule has 1 aliphatic carbocycles. The van der Waals surface area contributed by atoms with E-state index in [0.717, 1.165) is 12.0 Å². The van der Waals surface area contributed by atoms with Gasteiger partial charge in [0.25, 0.3) is 0 Å². The van der Waals surface area contributed by atoms with E-state index in [1.165, 1.54) is 0 Å². The number of halogens is 2. The van der Waals surface area contributed by atoms with Crippen LogP contribution < -0.4 is 0 Å². The summed E-state index contributed by atoms with van der Waals surface area (Å²) >= 11 is 6.53. The summed E-state index contributed by atoms with van der Waals surface area (Å²) in [7, 11) is 0. The van der Waals surface area contributed by atoms with Crippen molar-refractivity contribution in [1.82, 2.24) is 0 Å². The van der Waals surface area contributed by atoms with Gasteiger partial charge >= 0.3 is 0 Å². The number of carbonyl (C=O) groups is 1. The zero-order valence-corrected chi connectivity index (χ0v) is 8.12. The molecule has 0 unspecified atom stereocenters. The van der Waals surface area contributed by atoms with E-state index < -0.39 is 3.23 Å². The quantitative estimate of drug-likeness (QED) is 0.606. The third-order valence-electron chi connectivity index (χ3n) is 1.24. The Balaban J connectivity index is 2.84. The first kappa shape index (κ1) is 7.48. The minimum atomic E-state index is -0.482. The molecular formula is C6H6Br2O. The van der Waals surface area contributed by atoms with E-state index >= 15 is 0 Å². The largest absolute Gasteiger partial charge is 0.292 e. The molecule has 0 spiro atoms. The molecule has 0 aliphatic heterocycles. The van der Waals surface area contributed by atoms with Gasteiger partial charge in [-0.2, -0.15) is 0 Å². The van der Waals surface area contributed by atoms with Crippen LogP contribution in [-0.2, 0) is 4.79 Å². The minimum absolute atomic E-state index is 0.111. The lowest BCUT2D eigenvalue weighted by Gasteiger charge is -2.08. The van der Waals surface area contributed by atoms with Gasteiger partial charge in [-0.05, 0) is 13.0 Å². The highest BCUT2D eigenvalue weighted by atomic mass is 79.9. The van der Waals surface area contributed by atoms with Crippen molar-refractivity contribution in [1.29, 1.82) is 0 Å². The Morgan fingerprint density at radius 1 is 1.67 bits per heavy atom. The Morgan fingerprint density at radius 3 is 2.33 bits per heavy atom. The lowest BCUT2D eigenvalue weighted by Crippen LogP contribution is -2.16. The van der Waals surface area contributed by atoms with Crippen molar-refractivity contribution < 1.29 is 4.79 Å². The number of ketones is 1. The molecule has 0 aromatic heterocycles. The Kier molecular flexibility index (Phi) is 1.83. The van der Waals surface area contributed by atoms with E-state index in [-0.39, 0.29) is 5.78 Å². The van der Waals surface area contributed by atoms with Crippen molar-refractivity contribution >= 4 is 37.6 Å². The zero-order chi connectivity index (χ0) is 7.07. The Labute approximate surface area is 70.8 Å². The van der Waals surface area contributed by atoms with Crippen LogP contribution >= 0.6 is 31.9 Å². The van der Waals surface area contributed by atoms with Crippen molar-refractivity contribution in [2.45, 2.75) is 16.6 Å². The van der Waals surface area contributed by atoms with Crippen LogP contribution in [0.15, 0.2) is 11.6 Å². The van der Waals surface area contributed by atoms with Gasteiger partial charge in [-0.25, -0.2) is 0 Å². The third kappa shape index (κ3) is 1.44. The van der Waals surface area contributed by atoms with Gasteiger partial charge in [0.15, 0.2) is 5.78 Å². The van der Waals surface area contributed by atoms with Gasteiger partial charge in [-0.3, -0.25) is 4.79 Å². The van der Waals surface area contributed by atoms with E-state index in [1.807, 2.05) is 6.92 Å². The molecule has 1 nitrogen and oxygen atoms in total. The molecule has 1 aliphatic rings. The second kappa shape index (κ2) is 2.20. The first-order valence-corrected chi connectivity index (χ1v) is 4.20. The fourth-order valence-corrected chi connectivity index (χ4v) is 1.93. The summed E-state index contributed by atoms with van der Waals surface area (Å²) in [5, 5.41) is 0. The molecule has 0 aromatic rings. The minimum Gasteiger partial charge on any atom is -0.292 e. The number of allylic oxidation sites excluding steroid dienone is 2. The van der Waals surface area contributed by atoms with Crippen LogP contribution in [0.1, 0.15) is 13.3 Å². The summed E-state index contributed by atoms with van der Waals surface area (Å²) in [6.07, 6.45) is 2.43. The highest BCUT2D eigenvalue weighted by Gasteiger charge is 2.35. The summed E-state index contributed by atoms with van der Waals surface area (Å²) in [6.45, 7) is 1.95. The van der Waals surface area contributed by atoms with E-state index in [0.29, 0.717) is 0 Å². The maximum Gasteiger partial charge on any atom is 0.183 e. The molecule has 0 aromatic carbocycles. The first-order chi connectivity index (χ1) is 4.02. The zero-order valence-electron chi connectivity index (χ0n) is 4.95. The molecule has 0 heterocycles. The van der Waals surface area contributed by atoms with Crippen molar-refractivity contribution in [3.63, 3.8) is 0 Å². The second-order valence-corrected chi connectivity index (χ2v) is 6.01. The van der Waals surface area contributed by atoms with Crippen LogP contribution in [0, 0.1) is 0 Å². The fourth-order valence-electron chi connectivity index (χ4n) is 0.818. The fraction of sp³-hybridized carbons (Fsp3) is 0.500. The smallest absolute Gasteiger partial charge is 0.183 e. The Morgan fingerprint density at radius 2 is 2.22 bits per heavy atom. The summed E-state index contributed by atoms with van der Waals surface area (Å²) < 4.78 is -0.482. The van der Waals surface area contributed by atoms with Gasteiger partial charge in [0, 0.05) is 6.42 Å². The predicted molar refractivity (Wildman–Crippen MR) is 44.0 cm³/mol. The van der Waals surface area contributed by atoms with Crippen LogP contribution in [-0.4, -0.2) is 9.02 Å². The molecule has 9 heavy (non-hydrogen) atoms. The molecular weight excluding hydrogens is 248 g/mol. The number of alkyl halides is 2. The highest BCUT2D eigenvalue weighted by Crippen LogP contribution is 2.39. The Hall–Kier alpha value is 0.370. The molecule has 0 radical (unpaired) electrons. The van der Waals surface area contributed by atoms with E-state index in [4.69, 9.17) is 0 Å². The molecule has 0 amide bonds. The van der Waals surface area contributed by atoms with Crippen LogP contribution in [0.5, 0.6) is 0 Å². The monoisotopic (exact) mass is 252 g/mol. The number of rotatable bonds is 0. The van der Waals surface area contributed by atoms with Gasteiger partial charge in [0.1, 0.15) is 3.23 Å². The van der Waals surface area contributed by atoms with Crippen molar-refractivity contribution in [2.24, 2.45) is 0 Å². The molecule has 0 saturated heterocycles. The van der Waals surface area contributed by atoms with E-state index in [1.54, 1.807) is 6.08 Å². The molecule has 0 saturated carbocycles. The summed E-state index contributed by atoms with van der Waals surface area (Å²) in [5.41, 5.74) is 1.12. The first-order valence-electron chi connectivity index (χ1n) is 2.62. The van der Waals surface area contributed by atoms with Crippen LogP contribution in [0.25, 0.3) is 0 Å². The second-order valence-electron chi connectivity index (χ2n) is 2.24. The average molecular weight is 254 g/mol. The highest BCUT2D eigenvalue weighted by molar-refractivity contribution is 9.26. The molecule has 0 fully saturated rings. The molecule has 3 heteroatoms. The number of hydrogen-bond donors (Lipinski definition) is 0. The SMILES string of the molecule is CC1=CC(=O)C(Br)(Br)C1. The Bertz CT molecular complexity index is 181. The van der Waals surface area contributed by atoms with Gasteiger partial charge < -0.3 is 0 Å². The van der Waals surface area contributed by atoms with Crippen molar-refractivity contribution in [3.05, 3.63) is 11.6 Å². The maximum atomic E-state index is 10.9. The third-order valence-corrected chi connectivity index (χ3v) is 2.58. The molecule has 0 bridgehead atoms. The topological polar surface area (TPSA) is 17.1 Å². The molecule has 0 N–H and O–H groups in total. The normalized spacial score (nSPS) is 24.3. The van der Waals surface area contributed by atoms with Gasteiger partial charge in [0.2, 0.25) is 0 Å². The number of carbonyl (C=O) groups excluding carboxylic acids is 1. The average Bonchev–Trinajstić information content (AvgIpc) is 1.79. The van der Waals surface area contributed by atoms with Crippen LogP contribution in [0.4, 0.5) is 0 Å². The van der Waals surface area contributed by atoms with E-state index in [9.17, 15) is 4.79 Å².